The molecule has 4 aromatic carbocycles. The third kappa shape index (κ3) is 3.41. The number of anilines is 1. The topological polar surface area (TPSA) is 49.7 Å². The molecule has 31 heavy (non-hydrogen) atoms. The molecule has 154 valence electrons. The highest BCUT2D eigenvalue weighted by molar-refractivity contribution is 7.91. The third-order valence-corrected chi connectivity index (χ3v) is 7.54. The van der Waals surface area contributed by atoms with Gasteiger partial charge in [-0.2, -0.15) is 0 Å². The summed E-state index contributed by atoms with van der Waals surface area (Å²) < 4.78 is 25.7. The standard InChI is InChI=1S/C26H22N2O2S/c1-2-28(25-16-15-24-26-20(17-27-24)7-6-10-23(25)26)18-19-11-13-22(14-12-19)31(29,30)21-8-4-3-5-9-21/h3-17H,2,18H2,1H3. The Hall–Kier alpha value is -3.44. The number of nitrogens with zero attached hydrogens (tertiary/aromatic N) is 2. The van der Waals surface area contributed by atoms with Gasteiger partial charge in [-0.25, -0.2) is 8.42 Å². The maximum Gasteiger partial charge on any atom is 0.206 e. The summed E-state index contributed by atoms with van der Waals surface area (Å²) >= 11 is 0. The fraction of sp³-hybridized carbons (Fsp3) is 0.115. The van der Waals surface area contributed by atoms with E-state index in [1.54, 1.807) is 36.4 Å². The molecule has 0 bridgehead atoms. The van der Waals surface area contributed by atoms with Gasteiger partial charge in [0.15, 0.2) is 0 Å². The van der Waals surface area contributed by atoms with Gasteiger partial charge in [-0.05, 0) is 48.9 Å². The lowest BCUT2D eigenvalue weighted by molar-refractivity contribution is 0.596. The zero-order chi connectivity index (χ0) is 21.4. The van der Waals surface area contributed by atoms with Crippen molar-refractivity contribution in [1.82, 2.24) is 0 Å². The van der Waals surface area contributed by atoms with Gasteiger partial charge in [-0.15, -0.1) is 0 Å². The van der Waals surface area contributed by atoms with E-state index < -0.39 is 9.84 Å². The molecule has 0 aromatic heterocycles. The first-order valence-electron chi connectivity index (χ1n) is 10.3. The van der Waals surface area contributed by atoms with Gasteiger partial charge in [0, 0.05) is 41.3 Å². The average Bonchev–Trinajstić information content (AvgIpc) is 3.24. The predicted molar refractivity (Wildman–Crippen MR) is 126 cm³/mol. The molecular weight excluding hydrogens is 404 g/mol. The summed E-state index contributed by atoms with van der Waals surface area (Å²) in [6.45, 7) is 3.67. The van der Waals surface area contributed by atoms with E-state index in [2.05, 4.69) is 47.1 Å². The molecule has 1 heterocycles. The van der Waals surface area contributed by atoms with Gasteiger partial charge in [0.1, 0.15) is 0 Å². The Morgan fingerprint density at radius 1 is 0.806 bits per heavy atom. The molecule has 0 saturated heterocycles. The molecule has 4 nitrogen and oxygen atoms in total. The Labute approximate surface area is 182 Å². The van der Waals surface area contributed by atoms with Crippen molar-refractivity contribution in [1.29, 1.82) is 0 Å². The van der Waals surface area contributed by atoms with Crippen molar-refractivity contribution in [2.75, 3.05) is 11.4 Å². The van der Waals surface area contributed by atoms with Crippen LogP contribution in [-0.4, -0.2) is 21.2 Å². The summed E-state index contributed by atoms with van der Waals surface area (Å²) in [7, 11) is -3.50. The zero-order valence-electron chi connectivity index (χ0n) is 17.2. The Bertz CT molecular complexity index is 1380. The van der Waals surface area contributed by atoms with E-state index >= 15 is 0 Å². The van der Waals surface area contributed by atoms with Gasteiger partial charge in [0.2, 0.25) is 9.84 Å². The lowest BCUT2D eigenvalue weighted by Gasteiger charge is -2.25. The van der Waals surface area contributed by atoms with Crippen molar-refractivity contribution in [2.24, 2.45) is 4.99 Å². The Kier molecular flexibility index (Phi) is 4.83. The van der Waals surface area contributed by atoms with Crippen molar-refractivity contribution in [3.63, 3.8) is 0 Å². The lowest BCUT2D eigenvalue weighted by Crippen LogP contribution is -2.22. The second-order valence-corrected chi connectivity index (χ2v) is 9.56. The molecule has 0 spiro atoms. The van der Waals surface area contributed by atoms with Crippen LogP contribution in [0.3, 0.4) is 0 Å². The molecule has 0 saturated carbocycles. The van der Waals surface area contributed by atoms with E-state index in [-0.39, 0.29) is 0 Å². The molecule has 0 fully saturated rings. The van der Waals surface area contributed by atoms with E-state index in [1.165, 1.54) is 10.8 Å². The fourth-order valence-corrected chi connectivity index (χ4v) is 5.41. The summed E-state index contributed by atoms with van der Waals surface area (Å²) in [5, 5.41) is 2.39. The van der Waals surface area contributed by atoms with Crippen LogP contribution < -0.4 is 4.90 Å². The van der Waals surface area contributed by atoms with Crippen molar-refractivity contribution in [3.05, 3.63) is 96.1 Å². The van der Waals surface area contributed by atoms with Crippen LogP contribution in [0.1, 0.15) is 18.1 Å². The second-order valence-electron chi connectivity index (χ2n) is 7.61. The Morgan fingerprint density at radius 3 is 2.29 bits per heavy atom. The maximum absolute atomic E-state index is 12.8. The number of aliphatic imine (C=N–C) groups is 1. The van der Waals surface area contributed by atoms with Crippen LogP contribution in [0.2, 0.25) is 0 Å². The Balaban J connectivity index is 1.45. The van der Waals surface area contributed by atoms with Crippen molar-refractivity contribution < 1.29 is 8.42 Å². The van der Waals surface area contributed by atoms with Crippen LogP contribution in [0, 0.1) is 0 Å². The molecule has 0 radical (unpaired) electrons. The summed E-state index contributed by atoms with van der Waals surface area (Å²) in [6.07, 6.45) is 1.92. The van der Waals surface area contributed by atoms with Crippen molar-refractivity contribution >= 4 is 38.2 Å². The molecule has 0 N–H and O–H groups in total. The molecular formula is C26H22N2O2S. The number of rotatable bonds is 6. The van der Waals surface area contributed by atoms with Crippen LogP contribution in [0.4, 0.5) is 11.4 Å². The highest BCUT2D eigenvalue weighted by Crippen LogP contribution is 2.39. The monoisotopic (exact) mass is 426 g/mol. The normalized spacial score (nSPS) is 12.4. The quantitative estimate of drug-likeness (QED) is 0.347. The lowest BCUT2D eigenvalue weighted by atomic mass is 10.0. The SMILES string of the molecule is CCN(Cc1ccc(S(=O)(=O)c2ccccc2)cc1)c1ccc2c3c(cccc13)C=N2. The van der Waals surface area contributed by atoms with Gasteiger partial charge >= 0.3 is 0 Å². The minimum atomic E-state index is -3.50. The number of hydrogen-bond acceptors (Lipinski definition) is 4. The number of benzene rings is 4. The maximum atomic E-state index is 12.8. The van der Waals surface area contributed by atoms with Gasteiger partial charge in [0.05, 0.1) is 15.5 Å². The van der Waals surface area contributed by atoms with Crippen LogP contribution in [-0.2, 0) is 16.4 Å². The van der Waals surface area contributed by atoms with Crippen molar-refractivity contribution in [3.8, 4) is 0 Å². The molecule has 4 aromatic rings. The molecule has 0 aliphatic carbocycles. The van der Waals surface area contributed by atoms with Gasteiger partial charge in [0.25, 0.3) is 0 Å². The fourth-order valence-electron chi connectivity index (χ4n) is 4.13. The van der Waals surface area contributed by atoms with Crippen LogP contribution in [0.25, 0.3) is 10.8 Å². The van der Waals surface area contributed by atoms with Gasteiger partial charge in [-0.1, -0.05) is 48.5 Å². The molecule has 0 atom stereocenters. The van der Waals surface area contributed by atoms with Crippen LogP contribution in [0.5, 0.6) is 0 Å². The largest absolute Gasteiger partial charge is 0.367 e. The second kappa shape index (κ2) is 7.67. The first-order valence-corrected chi connectivity index (χ1v) is 11.8. The first-order chi connectivity index (χ1) is 15.1. The van der Waals surface area contributed by atoms with E-state index in [0.29, 0.717) is 16.3 Å². The minimum Gasteiger partial charge on any atom is -0.367 e. The van der Waals surface area contributed by atoms with Gasteiger partial charge in [-0.3, -0.25) is 4.99 Å². The molecule has 1 aliphatic rings. The minimum absolute atomic E-state index is 0.313. The predicted octanol–water partition coefficient (Wildman–Crippen LogP) is 5.76. The zero-order valence-corrected chi connectivity index (χ0v) is 18.0. The van der Waals surface area contributed by atoms with E-state index in [9.17, 15) is 8.42 Å². The molecule has 1 aliphatic heterocycles. The molecule has 5 heteroatoms. The molecule has 5 rings (SSSR count). The summed E-state index contributed by atoms with van der Waals surface area (Å²) in [4.78, 5) is 7.45. The highest BCUT2D eigenvalue weighted by atomic mass is 32.2. The first kappa shape index (κ1) is 19.5. The van der Waals surface area contributed by atoms with E-state index in [0.717, 1.165) is 29.0 Å². The summed E-state index contributed by atoms with van der Waals surface area (Å²) in [5.74, 6) is 0. The number of hydrogen-bond donors (Lipinski definition) is 0. The smallest absolute Gasteiger partial charge is 0.206 e. The summed E-state index contributed by atoms with van der Waals surface area (Å²) in [6, 6.07) is 26.3. The van der Waals surface area contributed by atoms with Crippen LogP contribution >= 0.6 is 0 Å². The van der Waals surface area contributed by atoms with E-state index in [1.807, 2.05) is 24.4 Å². The molecule has 0 unspecified atom stereocenters. The van der Waals surface area contributed by atoms with Gasteiger partial charge < -0.3 is 4.90 Å². The average molecular weight is 427 g/mol. The highest BCUT2D eigenvalue weighted by Gasteiger charge is 2.18. The molecule has 0 amide bonds. The van der Waals surface area contributed by atoms with Crippen LogP contribution in [0.15, 0.2) is 99.7 Å². The van der Waals surface area contributed by atoms with E-state index in [4.69, 9.17) is 0 Å². The van der Waals surface area contributed by atoms with Crippen molar-refractivity contribution in [2.45, 2.75) is 23.3 Å². The number of sulfone groups is 1. The summed E-state index contributed by atoms with van der Waals surface area (Å²) in [5.41, 5.74) is 4.39. The third-order valence-electron chi connectivity index (χ3n) is 5.75. The Morgan fingerprint density at radius 2 is 1.55 bits per heavy atom.